The number of benzene rings is 2. The minimum atomic E-state index is -0.363. The Morgan fingerprint density at radius 3 is 2.58 bits per heavy atom. The summed E-state index contributed by atoms with van der Waals surface area (Å²) in [6.07, 6.45) is 0.812. The van der Waals surface area contributed by atoms with E-state index >= 15 is 0 Å². The van der Waals surface area contributed by atoms with Crippen LogP contribution in [0, 0.1) is 5.82 Å². The molecule has 0 bridgehead atoms. The van der Waals surface area contributed by atoms with Crippen LogP contribution in [0.25, 0.3) is 0 Å². The molecule has 4 heteroatoms. The number of ether oxygens (including phenoxy) is 1. The smallest absolute Gasteiger partial charge is 0.130 e. The van der Waals surface area contributed by atoms with Gasteiger partial charge in [0.15, 0.2) is 0 Å². The number of halogens is 3. The highest BCUT2D eigenvalue weighted by molar-refractivity contribution is 6.31. The predicted molar refractivity (Wildman–Crippen MR) is 76.9 cm³/mol. The summed E-state index contributed by atoms with van der Waals surface area (Å²) in [5, 5.41) is 0.704. The average Bonchev–Trinajstić information content (AvgIpc) is 2.40. The number of alkyl halides is 1. The summed E-state index contributed by atoms with van der Waals surface area (Å²) in [7, 11) is 0. The molecular weight excluding hydrogens is 286 g/mol. The molecule has 0 aliphatic heterocycles. The van der Waals surface area contributed by atoms with Crippen LogP contribution in [-0.2, 0) is 12.3 Å². The molecule has 0 spiro atoms. The van der Waals surface area contributed by atoms with Crippen LogP contribution in [-0.4, -0.2) is 0 Å². The molecule has 0 fully saturated rings. The van der Waals surface area contributed by atoms with E-state index in [4.69, 9.17) is 27.9 Å². The molecule has 0 N–H and O–H groups in total. The summed E-state index contributed by atoms with van der Waals surface area (Å²) in [5.41, 5.74) is 1.68. The van der Waals surface area contributed by atoms with E-state index in [0.717, 1.165) is 12.0 Å². The summed E-state index contributed by atoms with van der Waals surface area (Å²) in [6.45, 7) is 2.01. The van der Waals surface area contributed by atoms with E-state index in [1.807, 2.05) is 13.0 Å². The fourth-order valence-electron chi connectivity index (χ4n) is 1.78. The summed E-state index contributed by atoms with van der Waals surface area (Å²) < 4.78 is 19.0. The number of hydrogen-bond donors (Lipinski definition) is 0. The molecule has 0 radical (unpaired) electrons. The van der Waals surface area contributed by atoms with E-state index in [1.165, 1.54) is 12.1 Å². The second kappa shape index (κ2) is 6.27. The Bertz CT molecular complexity index is 584. The third-order valence-corrected chi connectivity index (χ3v) is 3.40. The van der Waals surface area contributed by atoms with Gasteiger partial charge in [-0.2, -0.15) is 0 Å². The fourth-order valence-corrected chi connectivity index (χ4v) is 2.18. The van der Waals surface area contributed by atoms with Crippen molar-refractivity contribution < 1.29 is 9.13 Å². The summed E-state index contributed by atoms with van der Waals surface area (Å²) in [5.74, 6) is 0.944. The van der Waals surface area contributed by atoms with Crippen molar-refractivity contribution >= 4 is 23.2 Å². The quantitative estimate of drug-likeness (QED) is 0.670. The van der Waals surface area contributed by atoms with Gasteiger partial charge < -0.3 is 4.74 Å². The minimum absolute atomic E-state index is 0.245. The first kappa shape index (κ1) is 14.2. The normalized spacial score (nSPS) is 10.5. The van der Waals surface area contributed by atoms with Crippen LogP contribution in [0.3, 0.4) is 0 Å². The Kier molecular flexibility index (Phi) is 4.67. The van der Waals surface area contributed by atoms with Gasteiger partial charge in [-0.15, -0.1) is 11.6 Å². The highest BCUT2D eigenvalue weighted by Crippen LogP contribution is 2.28. The van der Waals surface area contributed by atoms with Crippen molar-refractivity contribution in [3.05, 3.63) is 58.4 Å². The third kappa shape index (κ3) is 3.62. The van der Waals surface area contributed by atoms with Gasteiger partial charge >= 0.3 is 0 Å². The van der Waals surface area contributed by atoms with Crippen LogP contribution in [0.2, 0.25) is 5.02 Å². The lowest BCUT2D eigenvalue weighted by Crippen LogP contribution is -1.90. The third-order valence-electron chi connectivity index (χ3n) is 2.72. The van der Waals surface area contributed by atoms with Crippen molar-refractivity contribution in [2.24, 2.45) is 0 Å². The Morgan fingerprint density at radius 2 is 1.89 bits per heavy atom. The predicted octanol–water partition coefficient (Wildman–Crippen LogP) is 5.57. The lowest BCUT2D eigenvalue weighted by Gasteiger charge is -2.09. The number of rotatable bonds is 4. The van der Waals surface area contributed by atoms with E-state index < -0.39 is 0 Å². The summed E-state index contributed by atoms with van der Waals surface area (Å²) in [6, 6.07) is 9.82. The molecular formula is C15H13Cl2FO. The van der Waals surface area contributed by atoms with Crippen LogP contribution in [0.5, 0.6) is 11.5 Å². The van der Waals surface area contributed by atoms with Gasteiger partial charge in [0.1, 0.15) is 17.3 Å². The highest BCUT2D eigenvalue weighted by Gasteiger charge is 2.05. The van der Waals surface area contributed by atoms with Crippen LogP contribution >= 0.6 is 23.2 Å². The second-order valence-electron chi connectivity index (χ2n) is 4.14. The van der Waals surface area contributed by atoms with Crippen molar-refractivity contribution in [3.8, 4) is 11.5 Å². The summed E-state index contributed by atoms with van der Waals surface area (Å²) in [4.78, 5) is 0. The lowest BCUT2D eigenvalue weighted by atomic mass is 10.1. The van der Waals surface area contributed by atoms with Gasteiger partial charge in [-0.25, -0.2) is 4.39 Å². The van der Waals surface area contributed by atoms with Crippen LogP contribution < -0.4 is 4.74 Å². The van der Waals surface area contributed by atoms with Gasteiger partial charge in [-0.3, -0.25) is 0 Å². The average molecular weight is 299 g/mol. The lowest BCUT2D eigenvalue weighted by molar-refractivity contribution is 0.475. The molecule has 19 heavy (non-hydrogen) atoms. The van der Waals surface area contributed by atoms with E-state index in [-0.39, 0.29) is 11.7 Å². The summed E-state index contributed by atoms with van der Waals surface area (Å²) >= 11 is 11.7. The van der Waals surface area contributed by atoms with Gasteiger partial charge in [-0.1, -0.05) is 18.5 Å². The molecule has 2 aromatic carbocycles. The zero-order chi connectivity index (χ0) is 13.8. The van der Waals surface area contributed by atoms with Crippen LogP contribution in [0.4, 0.5) is 4.39 Å². The zero-order valence-electron chi connectivity index (χ0n) is 10.4. The minimum Gasteiger partial charge on any atom is -0.457 e. The first-order chi connectivity index (χ1) is 9.12. The van der Waals surface area contributed by atoms with Gasteiger partial charge in [0.25, 0.3) is 0 Å². The molecule has 0 unspecified atom stereocenters. The maximum atomic E-state index is 13.4. The van der Waals surface area contributed by atoms with E-state index in [2.05, 4.69) is 0 Å². The van der Waals surface area contributed by atoms with E-state index in [0.29, 0.717) is 22.1 Å². The molecule has 0 aliphatic rings. The molecule has 0 aromatic heterocycles. The van der Waals surface area contributed by atoms with E-state index in [1.54, 1.807) is 18.2 Å². The maximum Gasteiger partial charge on any atom is 0.130 e. The van der Waals surface area contributed by atoms with Crippen molar-refractivity contribution in [1.29, 1.82) is 0 Å². The Morgan fingerprint density at radius 1 is 1.11 bits per heavy atom. The Hall–Kier alpha value is -1.25. The molecule has 2 rings (SSSR count). The monoisotopic (exact) mass is 298 g/mol. The second-order valence-corrected chi connectivity index (χ2v) is 4.81. The fraction of sp³-hybridized carbons (Fsp3) is 0.200. The molecule has 0 heterocycles. The largest absolute Gasteiger partial charge is 0.457 e. The highest BCUT2D eigenvalue weighted by atomic mass is 35.5. The van der Waals surface area contributed by atoms with Crippen LogP contribution in [0.15, 0.2) is 36.4 Å². The van der Waals surface area contributed by atoms with Crippen molar-refractivity contribution in [2.45, 2.75) is 19.2 Å². The van der Waals surface area contributed by atoms with Gasteiger partial charge in [0.05, 0.1) is 0 Å². The molecule has 0 saturated carbocycles. The van der Waals surface area contributed by atoms with Gasteiger partial charge in [0.2, 0.25) is 0 Å². The van der Waals surface area contributed by atoms with Gasteiger partial charge in [-0.05, 0) is 47.9 Å². The standard InChI is InChI=1S/C15H13Cl2FO/c1-2-11-7-13(3-4-15(11)17)19-14-6-10(9-16)5-12(18)8-14/h3-8H,2,9H2,1H3. The number of hydrogen-bond acceptors (Lipinski definition) is 1. The first-order valence-corrected chi connectivity index (χ1v) is 6.85. The molecule has 100 valence electrons. The molecule has 0 aliphatic carbocycles. The maximum absolute atomic E-state index is 13.4. The van der Waals surface area contributed by atoms with Crippen molar-refractivity contribution in [1.82, 2.24) is 0 Å². The Balaban J connectivity index is 2.28. The van der Waals surface area contributed by atoms with E-state index in [9.17, 15) is 4.39 Å². The van der Waals surface area contributed by atoms with Crippen molar-refractivity contribution in [2.75, 3.05) is 0 Å². The van der Waals surface area contributed by atoms with Gasteiger partial charge in [0, 0.05) is 17.0 Å². The molecule has 2 aromatic rings. The zero-order valence-corrected chi connectivity index (χ0v) is 11.9. The topological polar surface area (TPSA) is 9.23 Å². The molecule has 0 atom stereocenters. The molecule has 1 nitrogen and oxygen atoms in total. The molecule has 0 saturated heterocycles. The van der Waals surface area contributed by atoms with Crippen LogP contribution in [0.1, 0.15) is 18.1 Å². The SMILES string of the molecule is CCc1cc(Oc2cc(F)cc(CCl)c2)ccc1Cl. The number of aryl methyl sites for hydroxylation is 1. The van der Waals surface area contributed by atoms with Crippen molar-refractivity contribution in [3.63, 3.8) is 0 Å². The molecule has 0 amide bonds. The first-order valence-electron chi connectivity index (χ1n) is 5.94. The Labute approximate surface area is 121 Å².